The molecular weight excluding hydrogens is 324 g/mol. The number of piperazine rings is 1. The second-order valence-electron chi connectivity index (χ2n) is 7.05. The van der Waals surface area contributed by atoms with Crippen molar-refractivity contribution in [1.82, 2.24) is 15.1 Å². The van der Waals surface area contributed by atoms with Crippen molar-refractivity contribution in [3.63, 3.8) is 0 Å². The minimum atomic E-state index is -0.990. The number of amides is 1. The molecule has 0 saturated carbocycles. The van der Waals surface area contributed by atoms with E-state index in [9.17, 15) is 14.7 Å². The van der Waals surface area contributed by atoms with Gasteiger partial charge in [0, 0.05) is 37.3 Å². The van der Waals surface area contributed by atoms with Crippen LogP contribution in [-0.4, -0.2) is 64.0 Å². The summed E-state index contributed by atoms with van der Waals surface area (Å²) in [5.41, 5.74) is 1.12. The van der Waals surface area contributed by atoms with Gasteiger partial charge in [-0.3, -0.25) is 5.10 Å². The Hall–Kier alpha value is -2.77. The van der Waals surface area contributed by atoms with Crippen LogP contribution in [0.1, 0.15) is 31.1 Å². The first-order valence-corrected chi connectivity index (χ1v) is 8.18. The maximum absolute atomic E-state index is 12.2. The van der Waals surface area contributed by atoms with Gasteiger partial charge >= 0.3 is 12.1 Å². The fourth-order valence-electron chi connectivity index (χ4n) is 2.93. The number of ether oxygens (including phenoxy) is 1. The Morgan fingerprint density at radius 1 is 1.20 bits per heavy atom. The van der Waals surface area contributed by atoms with Gasteiger partial charge < -0.3 is 19.6 Å². The third kappa shape index (κ3) is 3.52. The zero-order valence-corrected chi connectivity index (χ0v) is 14.6. The Labute approximate surface area is 145 Å². The molecule has 0 atom stereocenters. The largest absolute Gasteiger partial charge is 0.478 e. The number of aromatic nitrogens is 2. The van der Waals surface area contributed by atoms with E-state index >= 15 is 0 Å². The van der Waals surface area contributed by atoms with Gasteiger partial charge in [-0.05, 0) is 32.9 Å². The number of nitrogens with zero attached hydrogens (tertiary/aromatic N) is 3. The van der Waals surface area contributed by atoms with Crippen LogP contribution in [0.2, 0.25) is 0 Å². The predicted molar refractivity (Wildman–Crippen MR) is 93.1 cm³/mol. The van der Waals surface area contributed by atoms with Crippen molar-refractivity contribution in [1.29, 1.82) is 0 Å². The molecule has 1 amide bonds. The van der Waals surface area contributed by atoms with E-state index in [4.69, 9.17) is 4.74 Å². The number of carbonyl (C=O) groups excluding carboxylic acids is 1. The fourth-order valence-corrected chi connectivity index (χ4v) is 2.93. The number of carbonyl (C=O) groups is 2. The molecule has 25 heavy (non-hydrogen) atoms. The molecule has 3 rings (SSSR count). The highest BCUT2D eigenvalue weighted by atomic mass is 16.6. The molecule has 0 bridgehead atoms. The Balaban J connectivity index is 1.75. The molecule has 0 spiro atoms. The van der Waals surface area contributed by atoms with Crippen LogP contribution in [0.15, 0.2) is 18.3 Å². The lowest BCUT2D eigenvalue weighted by Crippen LogP contribution is -2.50. The van der Waals surface area contributed by atoms with Crippen LogP contribution in [0.25, 0.3) is 10.9 Å². The van der Waals surface area contributed by atoms with Gasteiger partial charge in [0.1, 0.15) is 5.60 Å². The van der Waals surface area contributed by atoms with Gasteiger partial charge in [0.25, 0.3) is 0 Å². The molecule has 1 aromatic heterocycles. The summed E-state index contributed by atoms with van der Waals surface area (Å²) in [4.78, 5) is 27.3. The Morgan fingerprint density at radius 2 is 1.88 bits per heavy atom. The van der Waals surface area contributed by atoms with Crippen molar-refractivity contribution in [2.24, 2.45) is 0 Å². The molecule has 0 unspecified atom stereocenters. The average Bonchev–Trinajstić information content (AvgIpc) is 3.01. The van der Waals surface area contributed by atoms with Gasteiger partial charge in [0.05, 0.1) is 17.3 Å². The summed E-state index contributed by atoms with van der Waals surface area (Å²) in [5, 5.41) is 16.8. The number of aromatic carboxylic acids is 1. The maximum Gasteiger partial charge on any atom is 0.410 e. The molecule has 2 heterocycles. The van der Waals surface area contributed by atoms with Crippen LogP contribution in [0.3, 0.4) is 0 Å². The predicted octanol–water partition coefficient (Wildman–Crippen LogP) is 2.32. The second-order valence-corrected chi connectivity index (χ2v) is 7.05. The third-order valence-corrected chi connectivity index (χ3v) is 4.09. The minimum Gasteiger partial charge on any atom is -0.478 e. The van der Waals surface area contributed by atoms with Crippen LogP contribution in [0.5, 0.6) is 0 Å². The monoisotopic (exact) mass is 346 g/mol. The van der Waals surface area contributed by atoms with Crippen molar-refractivity contribution in [2.75, 3.05) is 31.1 Å². The summed E-state index contributed by atoms with van der Waals surface area (Å²) in [6.45, 7) is 7.93. The summed E-state index contributed by atoms with van der Waals surface area (Å²) in [6, 6.07) is 3.38. The average molecular weight is 346 g/mol. The molecule has 0 aliphatic carbocycles. The molecule has 1 fully saturated rings. The van der Waals surface area contributed by atoms with E-state index < -0.39 is 11.6 Å². The van der Waals surface area contributed by atoms with Crippen LogP contribution in [-0.2, 0) is 4.74 Å². The summed E-state index contributed by atoms with van der Waals surface area (Å²) in [6.07, 6.45) is 1.33. The second kappa shape index (κ2) is 6.27. The number of benzene rings is 1. The number of fused-ring (bicyclic) bond motifs is 1. The van der Waals surface area contributed by atoms with Crippen LogP contribution in [0, 0.1) is 0 Å². The molecule has 0 radical (unpaired) electrons. The van der Waals surface area contributed by atoms with Gasteiger partial charge in [-0.2, -0.15) is 5.10 Å². The Morgan fingerprint density at radius 3 is 2.48 bits per heavy atom. The molecule has 8 heteroatoms. The van der Waals surface area contributed by atoms with Crippen molar-refractivity contribution in [2.45, 2.75) is 26.4 Å². The number of aromatic amines is 1. The first-order valence-electron chi connectivity index (χ1n) is 8.18. The smallest absolute Gasteiger partial charge is 0.410 e. The van der Waals surface area contributed by atoms with Gasteiger partial charge in [0.15, 0.2) is 0 Å². The highest BCUT2D eigenvalue weighted by molar-refractivity contribution is 6.05. The van der Waals surface area contributed by atoms with E-state index in [1.807, 2.05) is 20.8 Å². The van der Waals surface area contributed by atoms with E-state index in [-0.39, 0.29) is 11.7 Å². The molecule has 1 aliphatic heterocycles. The molecule has 1 aromatic carbocycles. The molecule has 1 aliphatic rings. The van der Waals surface area contributed by atoms with Gasteiger partial charge in [-0.1, -0.05) is 0 Å². The number of hydrogen-bond donors (Lipinski definition) is 2. The SMILES string of the molecule is CC(C)(C)OC(=O)N1CCN(c2ccc(C(=O)O)c3[nH]ncc23)CC1. The first-order chi connectivity index (χ1) is 11.8. The summed E-state index contributed by atoms with van der Waals surface area (Å²) < 4.78 is 5.41. The van der Waals surface area contributed by atoms with Gasteiger partial charge in [0.2, 0.25) is 0 Å². The highest BCUT2D eigenvalue weighted by Crippen LogP contribution is 2.29. The quantitative estimate of drug-likeness (QED) is 0.866. The van der Waals surface area contributed by atoms with E-state index in [1.165, 1.54) is 0 Å². The highest BCUT2D eigenvalue weighted by Gasteiger charge is 2.27. The summed E-state index contributed by atoms with van der Waals surface area (Å²) in [7, 11) is 0. The first kappa shape index (κ1) is 17.1. The van der Waals surface area contributed by atoms with E-state index in [1.54, 1.807) is 23.2 Å². The van der Waals surface area contributed by atoms with Crippen LogP contribution in [0.4, 0.5) is 10.5 Å². The topological polar surface area (TPSA) is 98.8 Å². The van der Waals surface area contributed by atoms with Gasteiger partial charge in [-0.15, -0.1) is 0 Å². The van der Waals surface area contributed by atoms with Crippen molar-refractivity contribution < 1.29 is 19.4 Å². The van der Waals surface area contributed by atoms with Crippen molar-refractivity contribution >= 4 is 28.7 Å². The summed E-state index contributed by atoms with van der Waals surface area (Å²) >= 11 is 0. The number of rotatable bonds is 2. The van der Waals surface area contributed by atoms with Crippen LogP contribution >= 0.6 is 0 Å². The third-order valence-electron chi connectivity index (χ3n) is 4.09. The normalized spacial score (nSPS) is 15.5. The maximum atomic E-state index is 12.2. The number of anilines is 1. The standard InChI is InChI=1S/C17H22N4O4/c1-17(2,3)25-16(24)21-8-6-20(7-9-21)13-5-4-11(15(22)23)14-12(13)10-18-19-14/h4-5,10H,6-9H2,1-3H3,(H,18,19)(H,22,23). The van der Waals surface area contributed by atoms with Gasteiger partial charge in [-0.25, -0.2) is 9.59 Å². The number of hydrogen-bond acceptors (Lipinski definition) is 5. The lowest BCUT2D eigenvalue weighted by atomic mass is 10.1. The number of H-pyrrole nitrogens is 1. The molecule has 1 saturated heterocycles. The van der Waals surface area contributed by atoms with E-state index in [0.717, 1.165) is 11.1 Å². The number of nitrogens with one attached hydrogen (secondary N) is 1. The zero-order valence-electron chi connectivity index (χ0n) is 14.6. The Bertz CT molecular complexity index is 801. The fraction of sp³-hybridized carbons (Fsp3) is 0.471. The molecule has 8 nitrogen and oxygen atoms in total. The van der Waals surface area contributed by atoms with E-state index in [0.29, 0.717) is 31.7 Å². The Kier molecular flexibility index (Phi) is 4.28. The summed E-state index contributed by atoms with van der Waals surface area (Å²) in [5.74, 6) is -0.990. The minimum absolute atomic E-state index is 0.198. The van der Waals surface area contributed by atoms with E-state index in [2.05, 4.69) is 15.1 Å². The zero-order chi connectivity index (χ0) is 18.2. The molecule has 2 aromatic rings. The lowest BCUT2D eigenvalue weighted by molar-refractivity contribution is 0.0240. The van der Waals surface area contributed by atoms with Crippen LogP contribution < -0.4 is 4.90 Å². The molecule has 2 N–H and O–H groups in total. The molecular formula is C17H22N4O4. The number of carboxylic acids is 1. The molecule has 134 valence electrons. The van der Waals surface area contributed by atoms with Crippen molar-refractivity contribution in [3.05, 3.63) is 23.9 Å². The number of carboxylic acid groups (broad SMARTS) is 1. The van der Waals surface area contributed by atoms with Crippen molar-refractivity contribution in [3.8, 4) is 0 Å². The lowest BCUT2D eigenvalue weighted by Gasteiger charge is -2.37.